The lowest BCUT2D eigenvalue weighted by atomic mass is 9.89. The number of carbonyl (C=O) groups excluding carboxylic acids is 2. The highest BCUT2D eigenvalue weighted by Gasteiger charge is 2.24. The molecule has 1 fully saturated rings. The standard InChI is InChI=1S/C16H22FN3O4S/c1-11(20-25(23,24)14-9-7-13(17)8-10-14)15(21)18-19-16(22)12-5-3-2-4-6-12/h7-12,20H,2-6H2,1H3,(H,18,21)(H,19,22)/t11-/m0/s1. The second-order valence-electron chi connectivity index (χ2n) is 6.11. The van der Waals surface area contributed by atoms with Crippen molar-refractivity contribution in [3.8, 4) is 0 Å². The van der Waals surface area contributed by atoms with E-state index in [1.54, 1.807) is 0 Å². The lowest BCUT2D eigenvalue weighted by molar-refractivity contribution is -0.132. The predicted octanol–water partition coefficient (Wildman–Crippen LogP) is 1.22. The average molecular weight is 371 g/mol. The van der Waals surface area contributed by atoms with Crippen LogP contribution in [0.1, 0.15) is 39.0 Å². The van der Waals surface area contributed by atoms with Crippen molar-refractivity contribution in [1.82, 2.24) is 15.6 Å². The molecule has 0 aromatic heterocycles. The van der Waals surface area contributed by atoms with Gasteiger partial charge in [0.2, 0.25) is 15.9 Å². The lowest BCUT2D eigenvalue weighted by Gasteiger charge is -2.21. The molecule has 2 amide bonds. The number of hydrogen-bond donors (Lipinski definition) is 3. The summed E-state index contributed by atoms with van der Waals surface area (Å²) in [5.74, 6) is -1.63. The van der Waals surface area contributed by atoms with E-state index < -0.39 is 27.8 Å². The summed E-state index contributed by atoms with van der Waals surface area (Å²) in [4.78, 5) is 23.8. The van der Waals surface area contributed by atoms with Crippen LogP contribution in [0.4, 0.5) is 4.39 Å². The van der Waals surface area contributed by atoms with Crippen molar-refractivity contribution in [3.63, 3.8) is 0 Å². The van der Waals surface area contributed by atoms with E-state index >= 15 is 0 Å². The molecule has 1 aliphatic rings. The van der Waals surface area contributed by atoms with Gasteiger partial charge in [-0.2, -0.15) is 4.72 Å². The molecule has 0 spiro atoms. The number of amides is 2. The van der Waals surface area contributed by atoms with Crippen molar-refractivity contribution >= 4 is 21.8 Å². The highest BCUT2D eigenvalue weighted by Crippen LogP contribution is 2.23. The normalized spacial score (nSPS) is 16.9. The maximum atomic E-state index is 12.9. The van der Waals surface area contributed by atoms with Gasteiger partial charge in [0.1, 0.15) is 5.82 Å². The minimum absolute atomic E-state index is 0.125. The van der Waals surface area contributed by atoms with Crippen LogP contribution < -0.4 is 15.6 Å². The molecule has 1 atom stereocenters. The van der Waals surface area contributed by atoms with Gasteiger partial charge in [0.25, 0.3) is 5.91 Å². The van der Waals surface area contributed by atoms with Crippen LogP contribution in [0.15, 0.2) is 29.2 Å². The Morgan fingerprint density at radius 3 is 2.28 bits per heavy atom. The molecule has 0 unspecified atom stereocenters. The molecule has 7 nitrogen and oxygen atoms in total. The smallest absolute Gasteiger partial charge is 0.256 e. The molecule has 0 saturated heterocycles. The minimum Gasteiger partial charge on any atom is -0.273 e. The lowest BCUT2D eigenvalue weighted by Crippen LogP contribution is -2.52. The topological polar surface area (TPSA) is 104 Å². The van der Waals surface area contributed by atoms with Crippen molar-refractivity contribution in [2.24, 2.45) is 5.92 Å². The molecule has 0 bridgehead atoms. The Bertz CT molecular complexity index is 715. The Morgan fingerprint density at radius 2 is 1.68 bits per heavy atom. The van der Waals surface area contributed by atoms with Crippen molar-refractivity contribution in [2.45, 2.75) is 50.0 Å². The van der Waals surface area contributed by atoms with E-state index in [9.17, 15) is 22.4 Å². The van der Waals surface area contributed by atoms with E-state index in [2.05, 4.69) is 15.6 Å². The maximum Gasteiger partial charge on any atom is 0.256 e. The van der Waals surface area contributed by atoms with E-state index in [0.29, 0.717) is 0 Å². The molecular weight excluding hydrogens is 349 g/mol. The number of sulfonamides is 1. The number of nitrogens with one attached hydrogen (secondary N) is 3. The van der Waals surface area contributed by atoms with Crippen LogP contribution in [0.5, 0.6) is 0 Å². The Kier molecular flexibility index (Phi) is 6.49. The number of benzene rings is 1. The van der Waals surface area contributed by atoms with Crippen LogP contribution >= 0.6 is 0 Å². The van der Waals surface area contributed by atoms with Gasteiger partial charge in [-0.05, 0) is 44.0 Å². The molecule has 1 aromatic carbocycles. The summed E-state index contributed by atoms with van der Waals surface area (Å²) < 4.78 is 39.3. The Labute approximate surface area is 146 Å². The highest BCUT2D eigenvalue weighted by atomic mass is 32.2. The van der Waals surface area contributed by atoms with Gasteiger partial charge in [-0.1, -0.05) is 19.3 Å². The van der Waals surface area contributed by atoms with Crippen molar-refractivity contribution in [2.75, 3.05) is 0 Å². The summed E-state index contributed by atoms with van der Waals surface area (Å²) >= 11 is 0. The van der Waals surface area contributed by atoms with E-state index in [4.69, 9.17) is 0 Å². The van der Waals surface area contributed by atoms with Crippen LogP contribution in [0.25, 0.3) is 0 Å². The highest BCUT2D eigenvalue weighted by molar-refractivity contribution is 7.89. The first-order valence-corrected chi connectivity index (χ1v) is 9.65. The summed E-state index contributed by atoms with van der Waals surface area (Å²) in [6.07, 6.45) is 4.65. The van der Waals surface area contributed by atoms with Gasteiger partial charge in [0.05, 0.1) is 10.9 Å². The summed E-state index contributed by atoms with van der Waals surface area (Å²) in [7, 11) is -3.97. The van der Waals surface area contributed by atoms with Gasteiger partial charge >= 0.3 is 0 Å². The number of rotatable bonds is 5. The Hall–Kier alpha value is -2.00. The fraction of sp³-hybridized carbons (Fsp3) is 0.500. The Morgan fingerprint density at radius 1 is 1.08 bits per heavy atom. The monoisotopic (exact) mass is 371 g/mol. The molecule has 0 aliphatic heterocycles. The first-order chi connectivity index (χ1) is 11.8. The zero-order chi connectivity index (χ0) is 18.4. The third kappa shape index (κ3) is 5.50. The maximum absolute atomic E-state index is 12.9. The molecule has 0 heterocycles. The van der Waals surface area contributed by atoms with Gasteiger partial charge in [-0.25, -0.2) is 12.8 Å². The fourth-order valence-corrected chi connectivity index (χ4v) is 3.87. The zero-order valence-corrected chi connectivity index (χ0v) is 14.7. The number of hydrogen-bond acceptors (Lipinski definition) is 4. The fourth-order valence-electron chi connectivity index (χ4n) is 2.67. The van der Waals surface area contributed by atoms with Gasteiger partial charge in [-0.3, -0.25) is 20.4 Å². The molecule has 1 aliphatic carbocycles. The summed E-state index contributed by atoms with van der Waals surface area (Å²) in [6, 6.07) is 3.13. The molecule has 1 aromatic rings. The Balaban J connectivity index is 1.86. The summed E-state index contributed by atoms with van der Waals surface area (Å²) in [5.41, 5.74) is 4.58. The van der Waals surface area contributed by atoms with Gasteiger partial charge in [0.15, 0.2) is 0 Å². The SMILES string of the molecule is C[C@H](NS(=O)(=O)c1ccc(F)cc1)C(=O)NNC(=O)C1CCCCC1. The largest absolute Gasteiger partial charge is 0.273 e. The third-order valence-electron chi connectivity index (χ3n) is 4.13. The van der Waals surface area contributed by atoms with Crippen LogP contribution in [0.2, 0.25) is 0 Å². The molecule has 3 N–H and O–H groups in total. The second kappa shape index (κ2) is 8.39. The number of carbonyl (C=O) groups is 2. The van der Waals surface area contributed by atoms with Crippen molar-refractivity contribution in [3.05, 3.63) is 30.1 Å². The van der Waals surface area contributed by atoms with Crippen LogP contribution in [0.3, 0.4) is 0 Å². The van der Waals surface area contributed by atoms with Gasteiger partial charge < -0.3 is 0 Å². The number of halogens is 1. The first-order valence-electron chi connectivity index (χ1n) is 8.17. The molecule has 0 radical (unpaired) electrons. The van der Waals surface area contributed by atoms with E-state index in [0.717, 1.165) is 56.4 Å². The quantitative estimate of drug-likeness (QED) is 0.677. The predicted molar refractivity (Wildman–Crippen MR) is 89.0 cm³/mol. The van der Waals surface area contributed by atoms with Crippen LogP contribution in [-0.4, -0.2) is 26.3 Å². The van der Waals surface area contributed by atoms with Crippen LogP contribution in [-0.2, 0) is 19.6 Å². The first kappa shape index (κ1) is 19.3. The third-order valence-corrected chi connectivity index (χ3v) is 5.69. The number of hydrazine groups is 1. The molecule has 25 heavy (non-hydrogen) atoms. The molecule has 138 valence electrons. The van der Waals surface area contributed by atoms with E-state index in [-0.39, 0.29) is 16.7 Å². The van der Waals surface area contributed by atoms with Crippen LogP contribution in [0, 0.1) is 11.7 Å². The van der Waals surface area contributed by atoms with E-state index in [1.165, 1.54) is 6.92 Å². The average Bonchev–Trinajstić information content (AvgIpc) is 2.60. The van der Waals surface area contributed by atoms with Gasteiger partial charge in [-0.15, -0.1) is 0 Å². The van der Waals surface area contributed by atoms with Crippen molar-refractivity contribution in [1.29, 1.82) is 0 Å². The van der Waals surface area contributed by atoms with E-state index in [1.807, 2.05) is 0 Å². The van der Waals surface area contributed by atoms with Crippen molar-refractivity contribution < 1.29 is 22.4 Å². The molecule has 1 saturated carbocycles. The minimum atomic E-state index is -3.97. The summed E-state index contributed by atoms with van der Waals surface area (Å²) in [5, 5.41) is 0. The zero-order valence-electron chi connectivity index (χ0n) is 13.9. The second-order valence-corrected chi connectivity index (χ2v) is 7.82. The molecule has 2 rings (SSSR count). The van der Waals surface area contributed by atoms with Gasteiger partial charge in [0, 0.05) is 5.92 Å². The molecular formula is C16H22FN3O4S. The molecule has 9 heteroatoms. The summed E-state index contributed by atoms with van der Waals surface area (Å²) in [6.45, 7) is 1.35.